The number of rotatable bonds is 3. The fraction of sp³-hybridized carbons (Fsp3) is 0.385. The highest BCUT2D eigenvalue weighted by atomic mass is 32.2. The van der Waals surface area contributed by atoms with Crippen molar-refractivity contribution in [2.75, 3.05) is 33.2 Å². The minimum atomic E-state index is -3.74. The molecule has 1 aromatic rings. The fourth-order valence-corrected chi connectivity index (χ4v) is 3.15. The molecule has 0 amide bonds. The van der Waals surface area contributed by atoms with Crippen molar-refractivity contribution in [2.24, 2.45) is 0 Å². The molecule has 0 aliphatic carbocycles. The Morgan fingerprint density at radius 2 is 1.71 bits per heavy atom. The smallest absolute Gasteiger partial charge is 0.253 e. The number of hydrogen-bond acceptors (Lipinski definition) is 6. The van der Waals surface area contributed by atoms with Crippen LogP contribution < -0.4 is 4.83 Å². The molecule has 1 saturated heterocycles. The molecule has 1 fully saturated rings. The van der Waals surface area contributed by atoms with E-state index in [1.54, 1.807) is 5.01 Å². The van der Waals surface area contributed by atoms with Crippen LogP contribution in [0.3, 0.4) is 0 Å². The van der Waals surface area contributed by atoms with E-state index in [0.717, 1.165) is 13.1 Å². The second kappa shape index (κ2) is 6.20. The number of nitriles is 2. The first-order valence-corrected chi connectivity index (χ1v) is 7.85. The normalized spacial score (nSPS) is 17.1. The van der Waals surface area contributed by atoms with Crippen molar-refractivity contribution in [3.8, 4) is 12.1 Å². The van der Waals surface area contributed by atoms with Gasteiger partial charge in [-0.3, -0.25) is 0 Å². The van der Waals surface area contributed by atoms with Gasteiger partial charge in [0.25, 0.3) is 10.0 Å². The topological polar surface area (TPSA) is 100 Å². The van der Waals surface area contributed by atoms with Gasteiger partial charge >= 0.3 is 0 Å². The molecule has 8 heteroatoms. The van der Waals surface area contributed by atoms with E-state index in [1.807, 2.05) is 19.2 Å². The van der Waals surface area contributed by atoms with Crippen LogP contribution in [0.4, 0.5) is 0 Å². The molecule has 110 valence electrons. The Labute approximate surface area is 124 Å². The highest BCUT2D eigenvalue weighted by molar-refractivity contribution is 7.89. The van der Waals surface area contributed by atoms with Gasteiger partial charge in [0.2, 0.25) is 0 Å². The van der Waals surface area contributed by atoms with Crippen molar-refractivity contribution in [3.05, 3.63) is 29.3 Å². The minimum absolute atomic E-state index is 0.0167. The Kier molecular flexibility index (Phi) is 4.56. The summed E-state index contributed by atoms with van der Waals surface area (Å²) in [6, 6.07) is 7.59. The zero-order valence-electron chi connectivity index (χ0n) is 11.6. The Hall–Kier alpha value is -1.97. The molecule has 0 atom stereocenters. The maximum Gasteiger partial charge on any atom is 0.253 e. The molecule has 0 bridgehead atoms. The summed E-state index contributed by atoms with van der Waals surface area (Å²) in [5.74, 6) is 0. The first kappa shape index (κ1) is 15.4. The van der Waals surface area contributed by atoms with Crippen LogP contribution in [0.2, 0.25) is 0 Å². The van der Waals surface area contributed by atoms with Crippen LogP contribution in [0.15, 0.2) is 23.1 Å². The monoisotopic (exact) mass is 305 g/mol. The van der Waals surface area contributed by atoms with E-state index in [9.17, 15) is 8.42 Å². The van der Waals surface area contributed by atoms with Gasteiger partial charge in [-0.25, -0.2) is 13.4 Å². The average molecular weight is 305 g/mol. The molecule has 0 saturated carbocycles. The van der Waals surface area contributed by atoms with E-state index >= 15 is 0 Å². The van der Waals surface area contributed by atoms with Crippen LogP contribution in [-0.4, -0.2) is 51.6 Å². The third kappa shape index (κ3) is 3.57. The number of sulfonamides is 1. The molecular weight excluding hydrogens is 290 g/mol. The summed E-state index contributed by atoms with van der Waals surface area (Å²) in [7, 11) is -1.76. The van der Waals surface area contributed by atoms with Crippen LogP contribution in [0.5, 0.6) is 0 Å². The molecule has 1 aliphatic heterocycles. The molecule has 7 nitrogen and oxygen atoms in total. The number of hydrogen-bond donors (Lipinski definition) is 1. The van der Waals surface area contributed by atoms with Crippen LogP contribution in [-0.2, 0) is 10.0 Å². The average Bonchev–Trinajstić information content (AvgIpc) is 2.48. The summed E-state index contributed by atoms with van der Waals surface area (Å²) < 4.78 is 24.6. The predicted octanol–water partition coefficient (Wildman–Crippen LogP) is -0.129. The first-order chi connectivity index (χ1) is 9.96. The van der Waals surface area contributed by atoms with E-state index in [-0.39, 0.29) is 16.0 Å². The van der Waals surface area contributed by atoms with Crippen molar-refractivity contribution in [1.29, 1.82) is 10.5 Å². The maximum absolute atomic E-state index is 12.3. The van der Waals surface area contributed by atoms with Gasteiger partial charge in [-0.2, -0.15) is 10.5 Å². The lowest BCUT2D eigenvalue weighted by atomic mass is 10.1. The summed E-state index contributed by atoms with van der Waals surface area (Å²) in [5.41, 5.74) is 0.217. The lowest BCUT2D eigenvalue weighted by molar-refractivity contribution is 0.135. The van der Waals surface area contributed by atoms with Crippen LogP contribution in [0.25, 0.3) is 0 Å². The molecule has 1 aliphatic rings. The lowest BCUT2D eigenvalue weighted by Crippen LogP contribution is -2.52. The van der Waals surface area contributed by atoms with Gasteiger partial charge < -0.3 is 4.90 Å². The number of benzene rings is 1. The van der Waals surface area contributed by atoms with Crippen LogP contribution in [0, 0.1) is 22.7 Å². The number of nitrogens with one attached hydrogen (secondary N) is 1. The van der Waals surface area contributed by atoms with Crippen LogP contribution in [0.1, 0.15) is 11.1 Å². The third-order valence-electron chi connectivity index (χ3n) is 3.29. The van der Waals surface area contributed by atoms with E-state index in [2.05, 4.69) is 9.73 Å². The zero-order chi connectivity index (χ0) is 15.5. The van der Waals surface area contributed by atoms with Gasteiger partial charge in [0, 0.05) is 26.2 Å². The van der Waals surface area contributed by atoms with Crippen molar-refractivity contribution < 1.29 is 8.42 Å². The van der Waals surface area contributed by atoms with Gasteiger partial charge in [0.1, 0.15) is 12.1 Å². The molecule has 2 rings (SSSR count). The molecule has 1 N–H and O–H groups in total. The lowest BCUT2D eigenvalue weighted by Gasteiger charge is -2.32. The molecule has 1 heterocycles. The highest BCUT2D eigenvalue weighted by Crippen LogP contribution is 2.15. The van der Waals surface area contributed by atoms with Gasteiger partial charge in [0.05, 0.1) is 16.0 Å². The van der Waals surface area contributed by atoms with Gasteiger partial charge in [-0.15, -0.1) is 4.83 Å². The summed E-state index contributed by atoms with van der Waals surface area (Å²) in [5, 5.41) is 19.4. The summed E-state index contributed by atoms with van der Waals surface area (Å²) in [4.78, 5) is 4.60. The predicted molar refractivity (Wildman–Crippen MR) is 75.3 cm³/mol. The summed E-state index contributed by atoms with van der Waals surface area (Å²) in [6.07, 6.45) is 0. The standard InChI is InChI=1S/C13H15N5O2S/c1-17-4-6-18(7-5-17)16-21(19,20)13-3-2-11(9-14)12(8-13)10-15/h2-3,8,16H,4-7H2,1H3. The highest BCUT2D eigenvalue weighted by Gasteiger charge is 2.22. The Morgan fingerprint density at radius 3 is 2.29 bits per heavy atom. The fourth-order valence-electron chi connectivity index (χ4n) is 2.00. The van der Waals surface area contributed by atoms with Gasteiger partial charge in [0.15, 0.2) is 0 Å². The summed E-state index contributed by atoms with van der Waals surface area (Å²) in [6.45, 7) is 2.74. The second-order valence-electron chi connectivity index (χ2n) is 4.82. The first-order valence-electron chi connectivity index (χ1n) is 6.36. The van der Waals surface area contributed by atoms with Crippen molar-refractivity contribution in [3.63, 3.8) is 0 Å². The number of nitrogens with zero attached hydrogens (tertiary/aromatic N) is 4. The molecule has 1 aromatic carbocycles. The van der Waals surface area contributed by atoms with E-state index in [0.29, 0.717) is 13.1 Å². The quantitative estimate of drug-likeness (QED) is 0.835. The molecule has 0 radical (unpaired) electrons. The Balaban J connectivity index is 2.20. The van der Waals surface area contributed by atoms with E-state index in [1.165, 1.54) is 18.2 Å². The SMILES string of the molecule is CN1CCN(NS(=O)(=O)c2ccc(C#N)c(C#N)c2)CC1. The van der Waals surface area contributed by atoms with Crippen molar-refractivity contribution in [2.45, 2.75) is 4.90 Å². The number of hydrazine groups is 1. The third-order valence-corrected chi connectivity index (χ3v) is 4.67. The van der Waals surface area contributed by atoms with E-state index in [4.69, 9.17) is 10.5 Å². The Morgan fingerprint density at radius 1 is 1.10 bits per heavy atom. The maximum atomic E-state index is 12.3. The van der Waals surface area contributed by atoms with E-state index < -0.39 is 10.0 Å². The molecule has 0 aromatic heterocycles. The number of piperazine rings is 1. The zero-order valence-corrected chi connectivity index (χ0v) is 12.4. The molecule has 0 unspecified atom stereocenters. The van der Waals surface area contributed by atoms with Gasteiger partial charge in [-0.05, 0) is 25.2 Å². The molecule has 21 heavy (non-hydrogen) atoms. The molecule has 0 spiro atoms. The molecular formula is C13H15N5O2S. The van der Waals surface area contributed by atoms with Crippen LogP contribution >= 0.6 is 0 Å². The van der Waals surface area contributed by atoms with Gasteiger partial charge in [-0.1, -0.05) is 0 Å². The second-order valence-corrected chi connectivity index (χ2v) is 6.48. The largest absolute Gasteiger partial charge is 0.304 e. The number of likely N-dealkylation sites (N-methyl/N-ethyl adjacent to an activating group) is 1. The summed E-state index contributed by atoms with van der Waals surface area (Å²) >= 11 is 0. The Bertz CT molecular complexity index is 709. The van der Waals surface area contributed by atoms with Crippen molar-refractivity contribution >= 4 is 10.0 Å². The minimum Gasteiger partial charge on any atom is -0.304 e. The van der Waals surface area contributed by atoms with Crippen molar-refractivity contribution in [1.82, 2.24) is 14.7 Å².